The van der Waals surface area contributed by atoms with Gasteiger partial charge in [-0.15, -0.1) is 0 Å². The summed E-state index contributed by atoms with van der Waals surface area (Å²) < 4.78 is 32.1. The van der Waals surface area contributed by atoms with Crippen LogP contribution in [0.3, 0.4) is 0 Å². The molecule has 0 aromatic heterocycles. The molecular weight excluding hydrogens is 532 g/mol. The maximum absolute atomic E-state index is 13.7. The van der Waals surface area contributed by atoms with Crippen molar-refractivity contribution in [2.75, 3.05) is 0 Å². The summed E-state index contributed by atoms with van der Waals surface area (Å²) in [5.41, 5.74) is 3.67. The molecule has 218 valence electrons. The van der Waals surface area contributed by atoms with Crippen LogP contribution in [0.25, 0.3) is 0 Å². The highest BCUT2D eigenvalue weighted by Gasteiger charge is 2.41. The number of esters is 1. The van der Waals surface area contributed by atoms with Gasteiger partial charge in [-0.25, -0.2) is 4.79 Å². The molecule has 41 heavy (non-hydrogen) atoms. The normalized spacial score (nSPS) is 18.5. The van der Waals surface area contributed by atoms with Crippen molar-refractivity contribution >= 4 is 21.7 Å². The number of nitrogens with one attached hydrogen (secondary N) is 1. The Morgan fingerprint density at radius 2 is 1.41 bits per heavy atom. The number of hydrogen-bond donors (Lipinski definition) is 1. The van der Waals surface area contributed by atoms with Crippen LogP contribution in [0.1, 0.15) is 82.6 Å². The van der Waals surface area contributed by atoms with E-state index in [4.69, 9.17) is 4.74 Å². The lowest BCUT2D eigenvalue weighted by molar-refractivity contribution is -0.146. The molecule has 0 heterocycles. The van der Waals surface area contributed by atoms with Crippen LogP contribution in [-0.2, 0) is 30.4 Å². The van der Waals surface area contributed by atoms with Gasteiger partial charge in [-0.2, -0.15) is 18.4 Å². The molecule has 3 aromatic rings. The van der Waals surface area contributed by atoms with E-state index in [9.17, 15) is 13.2 Å². The van der Waals surface area contributed by atoms with Crippen molar-refractivity contribution < 1.29 is 17.9 Å². The van der Waals surface area contributed by atoms with E-state index in [1.807, 2.05) is 13.0 Å². The predicted octanol–water partition coefficient (Wildman–Crippen LogP) is 7.05. The fourth-order valence-corrected chi connectivity index (χ4v) is 6.38. The third-order valence-electron chi connectivity index (χ3n) is 8.23. The van der Waals surface area contributed by atoms with Gasteiger partial charge in [0, 0.05) is 11.5 Å². The topological polar surface area (TPSA) is 84.8 Å². The number of rotatable bonds is 8. The fraction of sp³-hybridized carbons (Fsp3) is 0.412. The zero-order chi connectivity index (χ0) is 29.8. The third kappa shape index (κ3) is 7.25. The first-order valence-electron chi connectivity index (χ1n) is 14.3. The summed E-state index contributed by atoms with van der Waals surface area (Å²) in [6, 6.07) is 24.1. The van der Waals surface area contributed by atoms with Crippen molar-refractivity contribution in [3.63, 3.8) is 0 Å². The molecule has 0 saturated heterocycles. The largest absolute Gasteiger partial charge is 0.457 e. The molecule has 0 spiro atoms. The maximum atomic E-state index is 13.7. The molecule has 0 aliphatic heterocycles. The lowest BCUT2D eigenvalue weighted by atomic mass is 9.66. The summed E-state index contributed by atoms with van der Waals surface area (Å²) in [7, 11) is -3.98. The zero-order valence-electron chi connectivity index (χ0n) is 25.0. The van der Waals surface area contributed by atoms with Crippen LogP contribution >= 0.6 is 0 Å². The number of hydrazone groups is 1. The third-order valence-corrected chi connectivity index (χ3v) is 9.46. The van der Waals surface area contributed by atoms with Gasteiger partial charge in [0.15, 0.2) is 5.71 Å². The zero-order valence-corrected chi connectivity index (χ0v) is 25.8. The minimum atomic E-state index is -3.98. The van der Waals surface area contributed by atoms with E-state index in [0.717, 1.165) is 31.2 Å². The molecule has 1 aliphatic rings. The molecule has 1 aliphatic carbocycles. The lowest BCUT2D eigenvalue weighted by Crippen LogP contribution is -2.43. The number of sulfonamides is 1. The Hall–Kier alpha value is -3.45. The van der Waals surface area contributed by atoms with Crippen molar-refractivity contribution in [2.24, 2.45) is 11.0 Å². The molecule has 4 rings (SSSR count). The Bertz CT molecular complexity index is 1470. The summed E-state index contributed by atoms with van der Waals surface area (Å²) in [5, 5.41) is 4.11. The molecule has 2 atom stereocenters. The van der Waals surface area contributed by atoms with Gasteiger partial charge in [-0.05, 0) is 60.3 Å². The molecule has 0 unspecified atom stereocenters. The number of benzene rings is 3. The van der Waals surface area contributed by atoms with Gasteiger partial charge in [0.05, 0.1) is 4.90 Å². The highest BCUT2D eigenvalue weighted by atomic mass is 32.2. The monoisotopic (exact) mass is 574 g/mol. The highest BCUT2D eigenvalue weighted by molar-refractivity contribution is 7.89. The van der Waals surface area contributed by atoms with Crippen molar-refractivity contribution in [2.45, 2.75) is 89.1 Å². The Kier molecular flexibility index (Phi) is 9.07. The first-order valence-corrected chi connectivity index (χ1v) is 15.8. The minimum absolute atomic E-state index is 0.0687. The van der Waals surface area contributed by atoms with Crippen LogP contribution in [0, 0.1) is 12.8 Å². The Morgan fingerprint density at radius 3 is 2.02 bits per heavy atom. The molecule has 0 radical (unpaired) electrons. The first-order chi connectivity index (χ1) is 19.3. The fourth-order valence-electron chi connectivity index (χ4n) is 5.57. The average molecular weight is 575 g/mol. The smallest absolute Gasteiger partial charge is 0.359 e. The second-order valence-electron chi connectivity index (χ2n) is 12.6. The highest BCUT2D eigenvalue weighted by Crippen LogP contribution is 2.42. The van der Waals surface area contributed by atoms with Gasteiger partial charge in [0.25, 0.3) is 10.0 Å². The molecule has 6 nitrogen and oxygen atoms in total. The van der Waals surface area contributed by atoms with E-state index in [1.54, 1.807) is 36.4 Å². The van der Waals surface area contributed by atoms with E-state index in [1.165, 1.54) is 23.3 Å². The van der Waals surface area contributed by atoms with Crippen molar-refractivity contribution in [3.05, 3.63) is 101 Å². The number of ether oxygens (including phenoxy) is 1. The number of nitrogens with zero attached hydrogens (tertiary/aromatic N) is 1. The predicted molar refractivity (Wildman–Crippen MR) is 164 cm³/mol. The molecule has 1 N–H and O–H groups in total. The SMILES string of the molecule is Cc1ccc(S(=O)(=O)N/N=C(/C(=O)O[C@@H]2CCCC[C@H]2C(C)(C)c2ccc(C(C)(C)C)cc2)c2ccccc2)cc1. The number of carbonyl (C=O) groups is 1. The second-order valence-corrected chi connectivity index (χ2v) is 14.3. The number of hydrogen-bond acceptors (Lipinski definition) is 5. The van der Waals surface area contributed by atoms with Crippen molar-refractivity contribution in [1.82, 2.24) is 4.83 Å². The van der Waals surface area contributed by atoms with Crippen LogP contribution in [0.2, 0.25) is 0 Å². The van der Waals surface area contributed by atoms with E-state index in [-0.39, 0.29) is 33.5 Å². The molecule has 0 bridgehead atoms. The van der Waals surface area contributed by atoms with Gasteiger partial charge in [-0.3, -0.25) is 0 Å². The van der Waals surface area contributed by atoms with Gasteiger partial charge in [0.2, 0.25) is 0 Å². The van der Waals surface area contributed by atoms with E-state index >= 15 is 0 Å². The minimum Gasteiger partial charge on any atom is -0.457 e. The van der Waals surface area contributed by atoms with E-state index in [0.29, 0.717) is 5.56 Å². The molecule has 1 fully saturated rings. The Balaban J connectivity index is 1.60. The van der Waals surface area contributed by atoms with Gasteiger partial charge in [-0.1, -0.05) is 113 Å². The molecule has 7 heteroatoms. The van der Waals surface area contributed by atoms with Gasteiger partial charge >= 0.3 is 5.97 Å². The van der Waals surface area contributed by atoms with Crippen LogP contribution in [0.15, 0.2) is 88.9 Å². The van der Waals surface area contributed by atoms with Crippen molar-refractivity contribution in [1.29, 1.82) is 0 Å². The number of carbonyl (C=O) groups excluding carboxylic acids is 1. The quantitative estimate of drug-likeness (QED) is 0.177. The summed E-state index contributed by atoms with van der Waals surface area (Å²) in [6.07, 6.45) is 3.39. The molecule has 3 aromatic carbocycles. The van der Waals surface area contributed by atoms with Crippen LogP contribution < -0.4 is 4.83 Å². The number of aryl methyl sites for hydroxylation is 1. The second kappa shape index (κ2) is 12.2. The molecule has 0 amide bonds. The Morgan fingerprint density at radius 1 is 0.829 bits per heavy atom. The van der Waals surface area contributed by atoms with E-state index < -0.39 is 16.0 Å². The van der Waals surface area contributed by atoms with Crippen molar-refractivity contribution in [3.8, 4) is 0 Å². The summed E-state index contributed by atoms with van der Waals surface area (Å²) in [5.74, 6) is -0.541. The molecular formula is C34H42N2O4S. The summed E-state index contributed by atoms with van der Waals surface area (Å²) in [6.45, 7) is 12.9. The average Bonchev–Trinajstić information content (AvgIpc) is 2.94. The van der Waals surface area contributed by atoms with Crippen LogP contribution in [0.4, 0.5) is 0 Å². The Labute approximate surface area is 245 Å². The van der Waals surface area contributed by atoms with Crippen LogP contribution in [-0.4, -0.2) is 26.2 Å². The van der Waals surface area contributed by atoms with Gasteiger partial charge in [0.1, 0.15) is 6.10 Å². The van der Waals surface area contributed by atoms with Gasteiger partial charge < -0.3 is 4.74 Å². The van der Waals surface area contributed by atoms with E-state index in [2.05, 4.69) is 68.8 Å². The maximum Gasteiger partial charge on any atom is 0.359 e. The standard InChI is InChI=1S/C34H42N2O4S/c1-24-16-22-28(23-17-24)41(38,39)36-35-31(25-12-8-7-9-13-25)32(37)40-30-15-11-10-14-29(30)34(5,6)27-20-18-26(19-21-27)33(2,3)4/h7-9,12-13,16-23,29-30,36H,10-11,14-15H2,1-6H3/b35-31+/t29-,30-/m1/s1. The lowest BCUT2D eigenvalue weighted by Gasteiger charge is -2.42. The summed E-state index contributed by atoms with van der Waals surface area (Å²) in [4.78, 5) is 16.0. The molecule has 1 saturated carbocycles. The first kappa shape index (κ1) is 30.5. The van der Waals surface area contributed by atoms with Crippen LogP contribution in [0.5, 0.6) is 0 Å². The summed E-state index contributed by atoms with van der Waals surface area (Å²) >= 11 is 0.